The summed E-state index contributed by atoms with van der Waals surface area (Å²) >= 11 is 0. The molecule has 14 heteroatoms. The first kappa shape index (κ1) is 29.0. The summed E-state index contributed by atoms with van der Waals surface area (Å²) in [5.41, 5.74) is 4.14. The average molecular weight is 569 g/mol. The van der Waals surface area contributed by atoms with E-state index in [0.29, 0.717) is 4.57 Å². The molecule has 212 valence electrons. The predicted octanol–water partition coefficient (Wildman–Crippen LogP) is 2.67. The van der Waals surface area contributed by atoms with Gasteiger partial charge >= 0.3 is 25.2 Å². The number of hydrogen-bond acceptors (Lipinski definition) is 8. The summed E-state index contributed by atoms with van der Waals surface area (Å²) in [6, 6.07) is 5.20. The van der Waals surface area contributed by atoms with Crippen molar-refractivity contribution in [1.82, 2.24) is 14.1 Å². The number of nitrogens with zero attached hydrogens (tertiary/aromatic N) is 3. The molecule has 0 bridgehead atoms. The van der Waals surface area contributed by atoms with Gasteiger partial charge in [0.1, 0.15) is 12.7 Å². The summed E-state index contributed by atoms with van der Waals surface area (Å²) in [6.07, 6.45) is -5.71. The van der Waals surface area contributed by atoms with E-state index in [2.05, 4.69) is 15.6 Å². The number of aliphatic hydroxyl groups excluding tert-OH is 1. The van der Waals surface area contributed by atoms with Crippen molar-refractivity contribution in [3.05, 3.63) is 63.0 Å². The summed E-state index contributed by atoms with van der Waals surface area (Å²) in [6.45, 7) is 6.17. The summed E-state index contributed by atoms with van der Waals surface area (Å²) in [5, 5.41) is 11.0. The van der Waals surface area contributed by atoms with Gasteiger partial charge in [0.25, 0.3) is 0 Å². The van der Waals surface area contributed by atoms with Crippen LogP contribution in [0.25, 0.3) is 10.9 Å². The molecule has 0 spiro atoms. The van der Waals surface area contributed by atoms with Gasteiger partial charge in [0.2, 0.25) is 6.23 Å². The first-order chi connectivity index (χ1) is 18.1. The summed E-state index contributed by atoms with van der Waals surface area (Å²) in [7, 11) is -2.13. The van der Waals surface area contributed by atoms with E-state index < -0.39 is 50.2 Å². The van der Waals surface area contributed by atoms with Crippen molar-refractivity contribution in [3.63, 3.8) is 0 Å². The van der Waals surface area contributed by atoms with Gasteiger partial charge < -0.3 is 28.6 Å². The van der Waals surface area contributed by atoms with Crippen LogP contribution in [0.5, 0.6) is 0 Å². The first-order valence-corrected chi connectivity index (χ1v) is 14.1. The van der Waals surface area contributed by atoms with Gasteiger partial charge in [-0.25, -0.2) is 4.79 Å². The highest BCUT2D eigenvalue weighted by molar-refractivity contribution is 7.51. The van der Waals surface area contributed by atoms with E-state index >= 15 is 0 Å². The second-order valence-electron chi connectivity index (χ2n) is 9.77. The maximum absolute atomic E-state index is 14.7. The van der Waals surface area contributed by atoms with E-state index in [1.54, 1.807) is 0 Å². The van der Waals surface area contributed by atoms with Crippen LogP contribution in [0.2, 0.25) is 0 Å². The summed E-state index contributed by atoms with van der Waals surface area (Å²) in [4.78, 5) is 37.9. The Labute approximate surface area is 222 Å². The van der Waals surface area contributed by atoms with Gasteiger partial charge in [0.15, 0.2) is 6.10 Å². The molecule has 3 heterocycles. The number of aryl methyl sites for hydroxylation is 3. The first-order valence-electron chi connectivity index (χ1n) is 12.0. The summed E-state index contributed by atoms with van der Waals surface area (Å²) in [5.74, 6) is -4.60. The van der Waals surface area contributed by atoms with Crippen molar-refractivity contribution in [1.29, 1.82) is 0 Å². The molecule has 2 aromatic heterocycles. The molecule has 4 rings (SSSR count). The average Bonchev–Trinajstić information content (AvgIpc) is 3.27. The molecule has 0 saturated carbocycles. The van der Waals surface area contributed by atoms with Gasteiger partial charge in [0, 0.05) is 25.3 Å². The number of rotatable bonds is 8. The molecule has 0 amide bonds. The van der Waals surface area contributed by atoms with Gasteiger partial charge in [-0.3, -0.25) is 13.9 Å². The normalized spacial score (nSPS) is 22.2. The van der Waals surface area contributed by atoms with Crippen LogP contribution < -0.4 is 5.69 Å². The monoisotopic (exact) mass is 569 g/mol. The van der Waals surface area contributed by atoms with E-state index in [0.717, 1.165) is 40.6 Å². The molecular weight excluding hydrogens is 539 g/mol. The minimum atomic E-state index is -4.01. The van der Waals surface area contributed by atoms with Crippen LogP contribution in [-0.2, 0) is 43.4 Å². The van der Waals surface area contributed by atoms with Crippen LogP contribution in [0, 0.1) is 20.8 Å². The lowest BCUT2D eigenvalue weighted by Crippen LogP contribution is -2.42. The third-order valence-electron chi connectivity index (χ3n) is 6.95. The molecule has 0 aliphatic carbocycles. The fraction of sp³-hybridized carbons (Fsp3) is 0.480. The Morgan fingerprint density at radius 1 is 1.26 bits per heavy atom. The van der Waals surface area contributed by atoms with E-state index in [1.165, 1.54) is 11.6 Å². The van der Waals surface area contributed by atoms with Crippen molar-refractivity contribution < 1.29 is 42.1 Å². The highest BCUT2D eigenvalue weighted by atomic mass is 31.2. The Balaban J connectivity index is 1.43. The lowest BCUT2D eigenvalue weighted by molar-refractivity contribution is -0.144. The van der Waals surface area contributed by atoms with Gasteiger partial charge in [0.05, 0.1) is 29.9 Å². The third kappa shape index (κ3) is 5.82. The van der Waals surface area contributed by atoms with Gasteiger partial charge in [-0.15, -0.1) is 0 Å². The van der Waals surface area contributed by atoms with Crippen LogP contribution in [0.3, 0.4) is 0 Å². The topological polar surface area (TPSA) is 142 Å². The molecule has 39 heavy (non-hydrogen) atoms. The summed E-state index contributed by atoms with van der Waals surface area (Å²) < 4.78 is 58.1. The lowest BCUT2D eigenvalue weighted by Gasteiger charge is -2.21. The molecule has 3 aromatic rings. The minimum absolute atomic E-state index is 0.00525. The number of aliphatic hydroxyl groups is 1. The maximum Gasteiger partial charge on any atom is 0.350 e. The SMILES string of the molecule is Cc1cc2cc(COC(=O)Cc3ccn([C@@H]4O[C@H](COP(C)(=O)O)[C@@H](O)C4(F)F)c(=O)n3)n(C)c2c(C)c1C. The van der Waals surface area contributed by atoms with Crippen LogP contribution in [0.15, 0.2) is 29.2 Å². The number of aromatic nitrogens is 3. The zero-order chi connectivity index (χ0) is 28.9. The smallest absolute Gasteiger partial charge is 0.350 e. The zero-order valence-corrected chi connectivity index (χ0v) is 22.9. The predicted molar refractivity (Wildman–Crippen MR) is 136 cm³/mol. The molecule has 11 nitrogen and oxygen atoms in total. The molecule has 1 aliphatic rings. The Morgan fingerprint density at radius 2 is 1.95 bits per heavy atom. The zero-order valence-electron chi connectivity index (χ0n) is 22.1. The molecular formula is C25H30F2N3O8P. The van der Waals surface area contributed by atoms with Crippen LogP contribution >= 0.6 is 7.60 Å². The van der Waals surface area contributed by atoms with Gasteiger partial charge in [-0.05, 0) is 55.7 Å². The Kier molecular flexibility index (Phi) is 7.85. The Morgan fingerprint density at radius 3 is 2.59 bits per heavy atom. The largest absolute Gasteiger partial charge is 0.459 e. The number of alkyl halides is 2. The molecule has 1 aliphatic heterocycles. The van der Waals surface area contributed by atoms with Gasteiger partial charge in [-0.2, -0.15) is 13.8 Å². The number of hydrogen-bond donors (Lipinski definition) is 2. The maximum atomic E-state index is 14.7. The van der Waals surface area contributed by atoms with E-state index in [-0.39, 0.29) is 18.7 Å². The van der Waals surface area contributed by atoms with Crippen molar-refractivity contribution in [2.45, 2.75) is 58.2 Å². The third-order valence-corrected chi connectivity index (χ3v) is 7.58. The van der Waals surface area contributed by atoms with E-state index in [9.17, 15) is 32.9 Å². The molecule has 1 aromatic carbocycles. The van der Waals surface area contributed by atoms with Crippen LogP contribution in [0.4, 0.5) is 8.78 Å². The molecule has 1 unspecified atom stereocenters. The lowest BCUT2D eigenvalue weighted by atomic mass is 10.0. The highest BCUT2D eigenvalue weighted by Gasteiger charge is 2.60. The van der Waals surface area contributed by atoms with Crippen molar-refractivity contribution >= 4 is 24.5 Å². The second-order valence-corrected chi connectivity index (χ2v) is 11.6. The standard InChI is InChI=1S/C25H30F2N3O8P/c1-13-8-16-9-18(29(4)21(16)15(3)14(13)2)11-36-20(31)10-17-6-7-30(24(33)28-17)23-25(26,27)22(32)19(38-23)12-37-39(5,34)35/h6-9,19,22-23,32H,10-12H2,1-5H3,(H,34,35)/t19-,22-,23-/m1/s1. The van der Waals surface area contributed by atoms with Crippen LogP contribution in [-0.4, -0.2) is 61.5 Å². The molecule has 1 saturated heterocycles. The Bertz CT molecular complexity index is 1530. The van der Waals surface area contributed by atoms with E-state index in [1.807, 2.05) is 38.5 Å². The number of ether oxygens (including phenoxy) is 2. The van der Waals surface area contributed by atoms with Crippen molar-refractivity contribution in [3.8, 4) is 0 Å². The molecule has 1 fully saturated rings. The van der Waals surface area contributed by atoms with Crippen LogP contribution in [0.1, 0.15) is 34.3 Å². The van der Waals surface area contributed by atoms with Crippen molar-refractivity contribution in [2.24, 2.45) is 7.05 Å². The van der Waals surface area contributed by atoms with Gasteiger partial charge in [-0.1, -0.05) is 0 Å². The Hall–Kier alpha value is -2.96. The number of esters is 1. The molecule has 0 radical (unpaired) electrons. The minimum Gasteiger partial charge on any atom is -0.459 e. The number of benzene rings is 1. The fourth-order valence-electron chi connectivity index (χ4n) is 4.61. The number of fused-ring (bicyclic) bond motifs is 1. The highest BCUT2D eigenvalue weighted by Crippen LogP contribution is 2.44. The van der Waals surface area contributed by atoms with Crippen molar-refractivity contribution in [2.75, 3.05) is 13.3 Å². The second kappa shape index (κ2) is 10.5. The number of carbonyl (C=O) groups excluding carboxylic acids is 1. The molecule has 4 atom stereocenters. The quantitative estimate of drug-likeness (QED) is 0.309. The van der Waals surface area contributed by atoms with E-state index in [4.69, 9.17) is 9.47 Å². The fourth-order valence-corrected chi connectivity index (χ4v) is 5.03. The molecule has 2 N–H and O–H groups in total. The number of carbonyl (C=O) groups is 1. The number of halogens is 2.